The summed E-state index contributed by atoms with van der Waals surface area (Å²) in [5, 5.41) is 21.8. The number of hydrogen-bond donors (Lipinski definition) is 2. The first kappa shape index (κ1) is 31.0. The smallest absolute Gasteiger partial charge is 0.330 e. The molecule has 8 rings (SSSR count). The summed E-state index contributed by atoms with van der Waals surface area (Å²) in [6.07, 6.45) is 8.47. The van der Waals surface area contributed by atoms with Crippen molar-refractivity contribution in [2.75, 3.05) is 0 Å². The Balaban J connectivity index is 1.52. The van der Waals surface area contributed by atoms with E-state index in [0.29, 0.717) is 41.7 Å². The van der Waals surface area contributed by atoms with Gasteiger partial charge in [-0.25, -0.2) is 4.79 Å². The maximum Gasteiger partial charge on any atom is 0.330 e. The highest BCUT2D eigenvalue weighted by Gasteiger charge is 2.81. The number of carboxylic acid groups (broad SMARTS) is 1. The first-order chi connectivity index (χ1) is 21.5. The van der Waals surface area contributed by atoms with Crippen molar-refractivity contribution in [1.82, 2.24) is 0 Å². The zero-order valence-electron chi connectivity index (χ0n) is 27.8. The highest BCUT2D eigenvalue weighted by Crippen LogP contribution is 2.69. The summed E-state index contributed by atoms with van der Waals surface area (Å²) in [6, 6.07) is 0. The molecule has 3 fully saturated rings. The van der Waals surface area contributed by atoms with Gasteiger partial charge in [0.15, 0.2) is 22.8 Å². The second-order valence-corrected chi connectivity index (χ2v) is 15.5. The molecule has 2 saturated carbocycles. The molecule has 7 atom stereocenters. The third-order valence-electron chi connectivity index (χ3n) is 11.8. The summed E-state index contributed by atoms with van der Waals surface area (Å²) in [7, 11) is 0. The van der Waals surface area contributed by atoms with Crippen molar-refractivity contribution in [2.45, 2.75) is 115 Å². The van der Waals surface area contributed by atoms with Crippen molar-refractivity contribution in [3.05, 3.63) is 63.8 Å². The fourth-order valence-electron chi connectivity index (χ4n) is 9.66. The molecule has 1 spiro atoms. The summed E-state index contributed by atoms with van der Waals surface area (Å²) in [5.41, 5.74) is -0.519. The lowest BCUT2D eigenvalue weighted by molar-refractivity contribution is -0.171. The fraction of sp³-hybridized carbons (Fsp3) is 0.553. The van der Waals surface area contributed by atoms with Crippen molar-refractivity contribution in [3.63, 3.8) is 0 Å². The molecule has 8 heteroatoms. The van der Waals surface area contributed by atoms with Crippen LogP contribution in [0, 0.1) is 17.8 Å². The van der Waals surface area contributed by atoms with Gasteiger partial charge >= 0.3 is 5.97 Å². The van der Waals surface area contributed by atoms with Gasteiger partial charge in [-0.1, -0.05) is 36.0 Å². The number of Topliss-reactive ketones (excluding diaryl/α,β-unsaturated/α-hetero) is 2. The third kappa shape index (κ3) is 3.85. The van der Waals surface area contributed by atoms with Crippen molar-refractivity contribution in [3.8, 4) is 17.2 Å². The number of allylic oxidation sites excluding steroid dienone is 4. The van der Waals surface area contributed by atoms with Crippen LogP contribution in [-0.4, -0.2) is 50.2 Å². The molecule has 0 radical (unpaired) electrons. The van der Waals surface area contributed by atoms with E-state index in [1.165, 1.54) is 13.0 Å². The van der Waals surface area contributed by atoms with Gasteiger partial charge in [0.2, 0.25) is 0 Å². The molecule has 4 aliphatic carbocycles. The Morgan fingerprint density at radius 3 is 2.46 bits per heavy atom. The number of benzene rings is 1. The average Bonchev–Trinajstić information content (AvgIpc) is 3.11. The second-order valence-electron chi connectivity index (χ2n) is 15.5. The average molecular weight is 629 g/mol. The molecular weight excluding hydrogens is 584 g/mol. The van der Waals surface area contributed by atoms with E-state index >= 15 is 0 Å². The number of hydrogen-bond acceptors (Lipinski definition) is 7. The van der Waals surface area contributed by atoms with Crippen LogP contribution in [0.5, 0.6) is 17.2 Å². The lowest BCUT2D eigenvalue weighted by Crippen LogP contribution is -2.72. The zero-order chi connectivity index (χ0) is 33.3. The van der Waals surface area contributed by atoms with Crippen molar-refractivity contribution in [1.29, 1.82) is 0 Å². The summed E-state index contributed by atoms with van der Waals surface area (Å²) >= 11 is 0. The molecule has 46 heavy (non-hydrogen) atoms. The molecular formula is C38H44O8. The Labute approximate surface area is 270 Å². The highest BCUT2D eigenvalue weighted by atomic mass is 16.6. The van der Waals surface area contributed by atoms with Crippen molar-refractivity contribution < 1.29 is 38.8 Å². The van der Waals surface area contributed by atoms with E-state index in [4.69, 9.17) is 14.2 Å². The molecule has 2 N–H and O–H groups in total. The first-order valence-electron chi connectivity index (χ1n) is 16.5. The van der Waals surface area contributed by atoms with Crippen LogP contribution in [0.3, 0.4) is 0 Å². The van der Waals surface area contributed by atoms with E-state index in [1.807, 2.05) is 34.6 Å². The van der Waals surface area contributed by atoms with E-state index in [1.54, 1.807) is 6.08 Å². The van der Waals surface area contributed by atoms with Crippen LogP contribution in [0.2, 0.25) is 0 Å². The monoisotopic (exact) mass is 628 g/mol. The minimum Gasteiger partial charge on any atom is -0.507 e. The van der Waals surface area contributed by atoms with Crippen LogP contribution < -0.4 is 9.47 Å². The first-order valence-corrected chi connectivity index (χ1v) is 16.5. The molecule has 8 nitrogen and oxygen atoms in total. The largest absolute Gasteiger partial charge is 0.507 e. The minimum absolute atomic E-state index is 0.0580. The Morgan fingerprint density at radius 1 is 1.09 bits per heavy atom. The number of rotatable bonds is 6. The molecule has 1 aromatic rings. The number of carboxylic acids is 1. The number of ether oxygens (including phenoxy) is 3. The van der Waals surface area contributed by atoms with E-state index in [0.717, 1.165) is 24.0 Å². The van der Waals surface area contributed by atoms with Gasteiger partial charge in [-0.05, 0) is 86.5 Å². The summed E-state index contributed by atoms with van der Waals surface area (Å²) in [5.74, 6) is -1.93. The van der Waals surface area contributed by atoms with E-state index in [9.17, 15) is 24.6 Å². The number of carbonyl (C=O) groups is 3. The van der Waals surface area contributed by atoms with Crippen LogP contribution in [0.25, 0.3) is 0 Å². The minimum atomic E-state index is -1.62. The number of carbonyl (C=O) groups excluding carboxylic acids is 2. The Morgan fingerprint density at radius 2 is 1.80 bits per heavy atom. The summed E-state index contributed by atoms with van der Waals surface area (Å²) < 4.78 is 20.8. The molecule has 1 aromatic carbocycles. The molecule has 3 heterocycles. The van der Waals surface area contributed by atoms with Crippen LogP contribution >= 0.6 is 0 Å². The molecule has 3 unspecified atom stereocenters. The molecule has 1 saturated heterocycles. The maximum absolute atomic E-state index is 15.0. The van der Waals surface area contributed by atoms with Crippen LogP contribution in [0.4, 0.5) is 0 Å². The van der Waals surface area contributed by atoms with Crippen LogP contribution in [-0.2, 0) is 20.7 Å². The quantitative estimate of drug-likeness (QED) is 0.257. The second kappa shape index (κ2) is 9.69. The molecule has 244 valence electrons. The third-order valence-corrected chi connectivity index (χ3v) is 11.8. The Kier molecular flexibility index (Phi) is 6.53. The molecule has 0 aromatic heterocycles. The number of phenols is 1. The Bertz CT molecular complexity index is 1740. The molecule has 6 bridgehead atoms. The van der Waals surface area contributed by atoms with Gasteiger partial charge in [-0.3, -0.25) is 9.59 Å². The van der Waals surface area contributed by atoms with Gasteiger partial charge < -0.3 is 24.4 Å². The molecule has 0 amide bonds. The summed E-state index contributed by atoms with van der Waals surface area (Å²) in [6.45, 7) is 17.7. The summed E-state index contributed by atoms with van der Waals surface area (Å²) in [4.78, 5) is 41.1. The molecule has 3 aliphatic heterocycles. The van der Waals surface area contributed by atoms with Crippen molar-refractivity contribution in [2.24, 2.45) is 17.8 Å². The number of ketones is 2. The van der Waals surface area contributed by atoms with E-state index in [2.05, 4.69) is 19.6 Å². The topological polar surface area (TPSA) is 119 Å². The predicted octanol–water partition coefficient (Wildman–Crippen LogP) is 6.94. The number of aromatic hydroxyl groups is 1. The van der Waals surface area contributed by atoms with Gasteiger partial charge in [-0.15, -0.1) is 0 Å². The Hall–Kier alpha value is -3.65. The lowest BCUT2D eigenvalue weighted by Gasteiger charge is -2.56. The predicted molar refractivity (Wildman–Crippen MR) is 171 cm³/mol. The van der Waals surface area contributed by atoms with Gasteiger partial charge in [0, 0.05) is 46.4 Å². The fourth-order valence-corrected chi connectivity index (χ4v) is 9.66. The van der Waals surface area contributed by atoms with E-state index in [-0.39, 0.29) is 58.4 Å². The lowest BCUT2D eigenvalue weighted by atomic mass is 9.51. The van der Waals surface area contributed by atoms with Gasteiger partial charge in [0.25, 0.3) is 0 Å². The normalized spacial score (nSPS) is 36.1. The van der Waals surface area contributed by atoms with Gasteiger partial charge in [-0.2, -0.15) is 0 Å². The SMILES string of the molecule is C=C(C)C1CCC2(C)CC1c1c(O)c3c(c(CC=C(C)C)c1O2)O[C@]12C(=C[C@@H]4C[C@H]1C(C)(C)O[C@@]2(C/C=C(\C)C(=O)O)C4=O)C3=O. The number of fused-ring (bicyclic) bond motifs is 5. The van der Waals surface area contributed by atoms with Gasteiger partial charge in [0.1, 0.15) is 28.4 Å². The zero-order valence-corrected chi connectivity index (χ0v) is 27.8. The van der Waals surface area contributed by atoms with Crippen LogP contribution in [0.1, 0.15) is 108 Å². The van der Waals surface area contributed by atoms with E-state index < -0.39 is 34.3 Å². The van der Waals surface area contributed by atoms with Gasteiger partial charge in [0.05, 0.1) is 5.60 Å². The number of aliphatic carboxylic acids is 1. The highest BCUT2D eigenvalue weighted by molar-refractivity contribution is 6.18. The molecule has 7 aliphatic rings. The van der Waals surface area contributed by atoms with Crippen molar-refractivity contribution >= 4 is 17.5 Å². The number of phenolic OH excluding ortho intramolecular Hbond substituents is 1. The maximum atomic E-state index is 15.0. The van der Waals surface area contributed by atoms with Crippen LogP contribution in [0.15, 0.2) is 47.1 Å². The standard InChI is InChI=1S/C38H44O8/c1-18(2)9-10-23-31-27(24-17-36(8,44-31)13-12-22(24)19(3)4)30(40)28-29(39)25-15-21-16-26-35(6,7)46-37(33(21)41,14-11-20(5)34(42)43)38(25,26)45-32(23)28/h9,11,15,21-22,24,26,40H,3,10,12-14,16-17H2,1-2,4-8H3,(H,42,43)/b20-11+/t21-,22?,24?,26+,36?,37+,38-/m1/s1.